The van der Waals surface area contributed by atoms with Crippen molar-refractivity contribution in [1.82, 2.24) is 0 Å². The minimum absolute atomic E-state index is 0.00368. The molecule has 1 fully saturated rings. The van der Waals surface area contributed by atoms with Gasteiger partial charge in [-0.15, -0.1) is 0 Å². The van der Waals surface area contributed by atoms with E-state index in [9.17, 15) is 4.39 Å². The highest BCUT2D eigenvalue weighted by atomic mass is 19.1. The Morgan fingerprint density at radius 2 is 2.12 bits per heavy atom. The van der Waals surface area contributed by atoms with Crippen LogP contribution in [0.4, 0.5) is 4.39 Å². The van der Waals surface area contributed by atoms with Crippen molar-refractivity contribution < 1.29 is 9.13 Å². The van der Waals surface area contributed by atoms with Crippen LogP contribution in [0.25, 0.3) is 0 Å². The van der Waals surface area contributed by atoms with Gasteiger partial charge >= 0.3 is 0 Å². The van der Waals surface area contributed by atoms with Crippen molar-refractivity contribution in [2.45, 2.75) is 44.6 Å². The summed E-state index contributed by atoms with van der Waals surface area (Å²) in [6.45, 7) is 2.02. The fraction of sp³-hybridized carbons (Fsp3) is 0.571. The number of hydrogen-bond acceptors (Lipinski definition) is 2. The van der Waals surface area contributed by atoms with E-state index in [1.807, 2.05) is 13.0 Å². The van der Waals surface area contributed by atoms with Gasteiger partial charge < -0.3 is 10.5 Å². The largest absolute Gasteiger partial charge is 0.493 e. The first-order chi connectivity index (χ1) is 8.08. The molecule has 2 nitrogen and oxygen atoms in total. The summed E-state index contributed by atoms with van der Waals surface area (Å²) >= 11 is 0. The van der Waals surface area contributed by atoms with Crippen LogP contribution in [-0.2, 0) is 12.8 Å². The highest BCUT2D eigenvalue weighted by molar-refractivity contribution is 5.39. The molecule has 2 rings (SSSR count). The van der Waals surface area contributed by atoms with Gasteiger partial charge in [0.15, 0.2) is 11.6 Å². The molecule has 0 atom stereocenters. The highest BCUT2D eigenvalue weighted by Crippen LogP contribution is 2.38. The van der Waals surface area contributed by atoms with Crippen molar-refractivity contribution in [3.63, 3.8) is 0 Å². The topological polar surface area (TPSA) is 35.2 Å². The zero-order chi connectivity index (χ0) is 12.5. The Labute approximate surface area is 102 Å². The number of methoxy groups -OCH3 is 1. The van der Waals surface area contributed by atoms with E-state index < -0.39 is 0 Å². The van der Waals surface area contributed by atoms with Crippen LogP contribution in [0.3, 0.4) is 0 Å². The highest BCUT2D eigenvalue weighted by Gasteiger charge is 2.37. The molecular formula is C14H20FNO. The predicted octanol–water partition coefficient (Wildman–Crippen LogP) is 2.82. The Hall–Kier alpha value is -1.09. The summed E-state index contributed by atoms with van der Waals surface area (Å²) < 4.78 is 18.9. The SMILES string of the molecule is CCc1cc(F)c(OC)c(CCC2(N)CC2)c1. The van der Waals surface area contributed by atoms with Gasteiger partial charge in [0, 0.05) is 5.54 Å². The fourth-order valence-electron chi connectivity index (χ4n) is 2.13. The lowest BCUT2D eigenvalue weighted by Crippen LogP contribution is -2.22. The summed E-state index contributed by atoms with van der Waals surface area (Å²) in [5.74, 6) is 0.121. The Bertz CT molecular complexity index is 413. The maximum Gasteiger partial charge on any atom is 0.165 e. The lowest BCUT2D eigenvalue weighted by molar-refractivity contribution is 0.379. The summed E-state index contributed by atoms with van der Waals surface area (Å²) in [4.78, 5) is 0. The van der Waals surface area contributed by atoms with Gasteiger partial charge in [0.1, 0.15) is 0 Å². The van der Waals surface area contributed by atoms with Gasteiger partial charge in [-0.3, -0.25) is 0 Å². The van der Waals surface area contributed by atoms with Gasteiger partial charge in [-0.2, -0.15) is 0 Å². The normalized spacial score (nSPS) is 16.9. The van der Waals surface area contributed by atoms with Crippen molar-refractivity contribution in [2.75, 3.05) is 7.11 Å². The Kier molecular flexibility index (Phi) is 3.38. The molecule has 1 aromatic rings. The molecule has 94 valence electrons. The van der Waals surface area contributed by atoms with Crippen molar-refractivity contribution in [2.24, 2.45) is 5.73 Å². The lowest BCUT2D eigenvalue weighted by atomic mass is 10.00. The number of rotatable bonds is 5. The molecule has 1 aliphatic rings. The molecule has 1 aliphatic carbocycles. The minimum atomic E-state index is -0.260. The zero-order valence-electron chi connectivity index (χ0n) is 10.6. The van der Waals surface area contributed by atoms with Gasteiger partial charge in [-0.05, 0) is 49.3 Å². The molecule has 2 N–H and O–H groups in total. The van der Waals surface area contributed by atoms with Gasteiger partial charge in [0.25, 0.3) is 0 Å². The molecule has 0 aromatic heterocycles. The van der Waals surface area contributed by atoms with E-state index >= 15 is 0 Å². The Balaban J connectivity index is 2.19. The second kappa shape index (κ2) is 4.65. The monoisotopic (exact) mass is 237 g/mol. The number of aryl methyl sites for hydroxylation is 2. The van der Waals surface area contributed by atoms with Gasteiger partial charge in [0.05, 0.1) is 7.11 Å². The molecule has 0 radical (unpaired) electrons. The third-order valence-corrected chi connectivity index (χ3v) is 3.58. The minimum Gasteiger partial charge on any atom is -0.493 e. The number of ether oxygens (including phenoxy) is 1. The molecule has 0 aliphatic heterocycles. The second-order valence-corrected chi connectivity index (χ2v) is 4.99. The molecule has 17 heavy (non-hydrogen) atoms. The molecule has 1 aromatic carbocycles. The average molecular weight is 237 g/mol. The van der Waals surface area contributed by atoms with Gasteiger partial charge in [-0.25, -0.2) is 4.39 Å². The smallest absolute Gasteiger partial charge is 0.165 e. The van der Waals surface area contributed by atoms with Gasteiger partial charge in [0.2, 0.25) is 0 Å². The van der Waals surface area contributed by atoms with Crippen molar-refractivity contribution in [3.8, 4) is 5.75 Å². The molecule has 0 spiro atoms. The van der Waals surface area contributed by atoms with Crippen molar-refractivity contribution in [3.05, 3.63) is 29.1 Å². The van der Waals surface area contributed by atoms with E-state index in [0.29, 0.717) is 5.75 Å². The molecule has 0 heterocycles. The number of halogens is 1. The molecule has 0 saturated heterocycles. The third-order valence-electron chi connectivity index (χ3n) is 3.58. The number of hydrogen-bond donors (Lipinski definition) is 1. The van der Waals surface area contributed by atoms with E-state index in [4.69, 9.17) is 10.5 Å². The predicted molar refractivity (Wildman–Crippen MR) is 66.8 cm³/mol. The molecule has 0 bridgehead atoms. The summed E-state index contributed by atoms with van der Waals surface area (Å²) in [5.41, 5.74) is 8.02. The zero-order valence-corrected chi connectivity index (χ0v) is 10.6. The quantitative estimate of drug-likeness (QED) is 0.854. The first-order valence-electron chi connectivity index (χ1n) is 6.22. The van der Waals surface area contributed by atoms with Crippen LogP contribution >= 0.6 is 0 Å². The summed E-state index contributed by atoms with van der Waals surface area (Å²) in [5, 5.41) is 0. The van der Waals surface area contributed by atoms with Crippen LogP contribution in [0.15, 0.2) is 12.1 Å². The summed E-state index contributed by atoms with van der Waals surface area (Å²) in [6.07, 6.45) is 4.72. The molecular weight excluding hydrogens is 217 g/mol. The molecule has 1 saturated carbocycles. The van der Waals surface area contributed by atoms with Crippen LogP contribution in [0.5, 0.6) is 5.75 Å². The maximum atomic E-state index is 13.8. The van der Waals surface area contributed by atoms with E-state index in [1.54, 1.807) is 6.07 Å². The van der Waals surface area contributed by atoms with Crippen LogP contribution in [0.2, 0.25) is 0 Å². The summed E-state index contributed by atoms with van der Waals surface area (Å²) in [6, 6.07) is 3.59. The Morgan fingerprint density at radius 3 is 2.65 bits per heavy atom. The van der Waals surface area contributed by atoms with Crippen LogP contribution in [0.1, 0.15) is 37.3 Å². The standard InChI is InChI=1S/C14H20FNO/c1-3-10-8-11(4-5-14(16)6-7-14)13(17-2)12(15)9-10/h8-9H,3-7,16H2,1-2H3. The summed E-state index contributed by atoms with van der Waals surface area (Å²) in [7, 11) is 1.52. The van der Waals surface area contributed by atoms with E-state index in [2.05, 4.69) is 0 Å². The van der Waals surface area contributed by atoms with Crippen LogP contribution < -0.4 is 10.5 Å². The van der Waals surface area contributed by atoms with Gasteiger partial charge in [-0.1, -0.05) is 13.0 Å². The second-order valence-electron chi connectivity index (χ2n) is 4.99. The van der Waals surface area contributed by atoms with Crippen LogP contribution in [0, 0.1) is 5.82 Å². The Morgan fingerprint density at radius 1 is 1.41 bits per heavy atom. The molecule has 3 heteroatoms. The van der Waals surface area contributed by atoms with Crippen LogP contribution in [-0.4, -0.2) is 12.6 Å². The van der Waals surface area contributed by atoms with E-state index in [-0.39, 0.29) is 11.4 Å². The average Bonchev–Trinajstić information content (AvgIpc) is 3.04. The number of benzene rings is 1. The lowest BCUT2D eigenvalue weighted by Gasteiger charge is -2.13. The first-order valence-corrected chi connectivity index (χ1v) is 6.22. The van der Waals surface area contributed by atoms with Crippen molar-refractivity contribution >= 4 is 0 Å². The van der Waals surface area contributed by atoms with Crippen molar-refractivity contribution in [1.29, 1.82) is 0 Å². The molecule has 0 amide bonds. The maximum absolute atomic E-state index is 13.8. The first kappa shape index (κ1) is 12.4. The number of nitrogens with two attached hydrogens (primary N) is 1. The van der Waals surface area contributed by atoms with E-state index in [0.717, 1.165) is 43.2 Å². The fourth-order valence-corrected chi connectivity index (χ4v) is 2.13. The third kappa shape index (κ3) is 2.78. The molecule has 0 unspecified atom stereocenters. The van der Waals surface area contributed by atoms with E-state index in [1.165, 1.54) is 7.11 Å².